The van der Waals surface area contributed by atoms with E-state index in [0.717, 1.165) is 25.9 Å². The summed E-state index contributed by atoms with van der Waals surface area (Å²) in [5, 5.41) is 14.3. The van der Waals surface area contributed by atoms with Crippen LogP contribution in [0.25, 0.3) is 0 Å². The maximum Gasteiger partial charge on any atom is 0.277 e. The third-order valence-corrected chi connectivity index (χ3v) is 3.86. The molecule has 3 rings (SSSR count). The third-order valence-electron chi connectivity index (χ3n) is 3.86. The van der Waals surface area contributed by atoms with Gasteiger partial charge in [0.25, 0.3) is 5.91 Å². The van der Waals surface area contributed by atoms with E-state index in [9.17, 15) is 4.79 Å². The van der Waals surface area contributed by atoms with Crippen LogP contribution in [0.5, 0.6) is 5.75 Å². The van der Waals surface area contributed by atoms with Crippen LogP contribution in [0.3, 0.4) is 0 Å². The second-order valence-corrected chi connectivity index (χ2v) is 5.45. The quantitative estimate of drug-likeness (QED) is 0.863. The molecule has 24 heavy (non-hydrogen) atoms. The van der Waals surface area contributed by atoms with E-state index in [1.54, 1.807) is 16.9 Å². The Morgan fingerprint density at radius 3 is 2.88 bits per heavy atom. The van der Waals surface area contributed by atoms with Gasteiger partial charge in [0, 0.05) is 0 Å². The van der Waals surface area contributed by atoms with Crippen LogP contribution in [0.4, 0.5) is 5.69 Å². The summed E-state index contributed by atoms with van der Waals surface area (Å²) in [7, 11) is 0. The molecule has 1 fully saturated rings. The third kappa shape index (κ3) is 4.24. The summed E-state index contributed by atoms with van der Waals surface area (Å²) in [6, 6.07) is 7.66. The van der Waals surface area contributed by atoms with E-state index in [1.807, 2.05) is 25.1 Å². The van der Waals surface area contributed by atoms with Crippen molar-refractivity contribution in [1.29, 1.82) is 0 Å². The van der Waals surface area contributed by atoms with Crippen molar-refractivity contribution in [3.63, 3.8) is 0 Å². The molecular formula is C16H22ClN5O2. The van der Waals surface area contributed by atoms with Gasteiger partial charge in [0.1, 0.15) is 5.75 Å². The van der Waals surface area contributed by atoms with Gasteiger partial charge < -0.3 is 15.4 Å². The molecule has 1 amide bonds. The Hall–Kier alpha value is -2.12. The Morgan fingerprint density at radius 2 is 2.12 bits per heavy atom. The number of para-hydroxylation sites is 2. The van der Waals surface area contributed by atoms with E-state index in [1.165, 1.54) is 0 Å². The van der Waals surface area contributed by atoms with Crippen LogP contribution in [0.15, 0.2) is 30.5 Å². The molecule has 0 saturated carbocycles. The molecule has 0 aliphatic carbocycles. The molecule has 0 spiro atoms. The number of carbonyl (C=O) groups is 1. The van der Waals surface area contributed by atoms with E-state index in [4.69, 9.17) is 4.74 Å². The Kier molecular flexibility index (Phi) is 6.57. The molecule has 1 aliphatic rings. The summed E-state index contributed by atoms with van der Waals surface area (Å²) in [4.78, 5) is 12.4. The van der Waals surface area contributed by atoms with Crippen LogP contribution in [0, 0.1) is 0 Å². The first kappa shape index (κ1) is 18.2. The van der Waals surface area contributed by atoms with E-state index in [2.05, 4.69) is 20.9 Å². The minimum Gasteiger partial charge on any atom is -0.492 e. The van der Waals surface area contributed by atoms with Crippen molar-refractivity contribution in [1.82, 2.24) is 20.3 Å². The zero-order valence-corrected chi connectivity index (χ0v) is 14.4. The molecule has 1 saturated heterocycles. The van der Waals surface area contributed by atoms with Crippen LogP contribution in [-0.4, -0.2) is 40.6 Å². The predicted molar refractivity (Wildman–Crippen MR) is 94.0 cm³/mol. The van der Waals surface area contributed by atoms with Crippen molar-refractivity contribution >= 4 is 24.0 Å². The first-order valence-corrected chi connectivity index (χ1v) is 7.93. The maximum absolute atomic E-state index is 12.4. The number of ether oxygens (including phenoxy) is 1. The number of aromatic nitrogens is 3. The number of benzene rings is 1. The fourth-order valence-corrected chi connectivity index (χ4v) is 2.67. The lowest BCUT2D eigenvalue weighted by Crippen LogP contribution is -2.29. The first-order valence-electron chi connectivity index (χ1n) is 7.93. The van der Waals surface area contributed by atoms with E-state index < -0.39 is 0 Å². The molecule has 130 valence electrons. The molecule has 1 aliphatic heterocycles. The van der Waals surface area contributed by atoms with Crippen molar-refractivity contribution in [3.05, 3.63) is 36.2 Å². The zero-order valence-electron chi connectivity index (χ0n) is 13.6. The van der Waals surface area contributed by atoms with Crippen LogP contribution in [0.2, 0.25) is 0 Å². The largest absolute Gasteiger partial charge is 0.492 e. The normalized spacial score (nSPS) is 14.7. The molecule has 1 aromatic carbocycles. The molecule has 1 aromatic heterocycles. The number of nitrogens with zero attached hydrogens (tertiary/aromatic N) is 3. The highest BCUT2D eigenvalue weighted by Gasteiger charge is 2.19. The van der Waals surface area contributed by atoms with Gasteiger partial charge in [-0.1, -0.05) is 17.3 Å². The average Bonchev–Trinajstić information content (AvgIpc) is 3.08. The van der Waals surface area contributed by atoms with E-state index in [0.29, 0.717) is 29.8 Å². The number of hydrogen-bond donors (Lipinski definition) is 2. The molecule has 0 atom stereocenters. The number of nitrogens with one attached hydrogen (secondary N) is 2. The SMILES string of the molecule is CCOc1ccccc1NC(=O)c1cn(C2CCNCC2)nn1.Cl. The van der Waals surface area contributed by atoms with Crippen LogP contribution in [0.1, 0.15) is 36.3 Å². The van der Waals surface area contributed by atoms with Crippen molar-refractivity contribution in [2.24, 2.45) is 0 Å². The van der Waals surface area contributed by atoms with Gasteiger partial charge in [-0.15, -0.1) is 17.5 Å². The standard InChI is InChI=1S/C16H21N5O2.ClH/c1-2-23-15-6-4-3-5-13(15)18-16(22)14-11-21(20-19-14)12-7-9-17-10-8-12;/h3-6,11-12,17H,2,7-10H2,1H3,(H,18,22);1H. The summed E-state index contributed by atoms with van der Waals surface area (Å²) < 4.78 is 7.31. The van der Waals surface area contributed by atoms with Gasteiger partial charge in [0.2, 0.25) is 0 Å². The van der Waals surface area contributed by atoms with Gasteiger partial charge in [-0.25, -0.2) is 4.68 Å². The minimum absolute atomic E-state index is 0. The van der Waals surface area contributed by atoms with Crippen LogP contribution >= 0.6 is 12.4 Å². The monoisotopic (exact) mass is 351 g/mol. The molecule has 2 heterocycles. The minimum atomic E-state index is -0.280. The molecule has 0 unspecified atom stereocenters. The van der Waals surface area contributed by atoms with Crippen LogP contribution in [-0.2, 0) is 0 Å². The number of halogens is 1. The Labute approximate surface area is 147 Å². The van der Waals surface area contributed by atoms with Gasteiger partial charge in [-0.2, -0.15) is 0 Å². The fraction of sp³-hybridized carbons (Fsp3) is 0.438. The molecular weight excluding hydrogens is 330 g/mol. The number of rotatable bonds is 5. The average molecular weight is 352 g/mol. The second-order valence-electron chi connectivity index (χ2n) is 5.45. The van der Waals surface area contributed by atoms with Crippen LogP contribution < -0.4 is 15.4 Å². The van der Waals surface area contributed by atoms with E-state index >= 15 is 0 Å². The van der Waals surface area contributed by atoms with Crippen molar-refractivity contribution < 1.29 is 9.53 Å². The topological polar surface area (TPSA) is 81.1 Å². The van der Waals surface area contributed by atoms with Crippen molar-refractivity contribution in [2.75, 3.05) is 25.0 Å². The maximum atomic E-state index is 12.4. The summed E-state index contributed by atoms with van der Waals surface area (Å²) >= 11 is 0. The predicted octanol–water partition coefficient (Wildman–Crippen LogP) is 2.28. The van der Waals surface area contributed by atoms with Crippen molar-refractivity contribution in [3.8, 4) is 5.75 Å². The number of amides is 1. The highest BCUT2D eigenvalue weighted by Crippen LogP contribution is 2.24. The van der Waals surface area contributed by atoms with Gasteiger partial charge in [-0.3, -0.25) is 4.79 Å². The Bertz CT molecular complexity index is 670. The van der Waals surface area contributed by atoms with Crippen molar-refractivity contribution in [2.45, 2.75) is 25.8 Å². The Morgan fingerprint density at radius 1 is 1.38 bits per heavy atom. The van der Waals surface area contributed by atoms with Gasteiger partial charge >= 0.3 is 0 Å². The number of piperidine rings is 1. The fourth-order valence-electron chi connectivity index (χ4n) is 2.67. The summed E-state index contributed by atoms with van der Waals surface area (Å²) in [5.41, 5.74) is 0.950. The lowest BCUT2D eigenvalue weighted by Gasteiger charge is -2.22. The molecule has 0 radical (unpaired) electrons. The number of hydrogen-bond acceptors (Lipinski definition) is 5. The molecule has 7 nitrogen and oxygen atoms in total. The number of anilines is 1. The lowest BCUT2D eigenvalue weighted by atomic mass is 10.1. The Balaban J connectivity index is 0.00000208. The summed E-state index contributed by atoms with van der Waals surface area (Å²) in [6.07, 6.45) is 3.71. The first-order chi connectivity index (χ1) is 11.3. The molecule has 2 N–H and O–H groups in total. The second kappa shape index (κ2) is 8.65. The van der Waals surface area contributed by atoms with Gasteiger partial charge in [0.15, 0.2) is 5.69 Å². The zero-order chi connectivity index (χ0) is 16.1. The number of carbonyl (C=O) groups excluding carboxylic acids is 1. The summed E-state index contributed by atoms with van der Waals surface area (Å²) in [6.45, 7) is 4.38. The molecule has 8 heteroatoms. The van der Waals surface area contributed by atoms with Gasteiger partial charge in [-0.05, 0) is 45.0 Å². The molecule has 2 aromatic rings. The summed E-state index contributed by atoms with van der Waals surface area (Å²) in [5.74, 6) is 0.367. The smallest absolute Gasteiger partial charge is 0.277 e. The van der Waals surface area contributed by atoms with E-state index in [-0.39, 0.29) is 18.3 Å². The highest BCUT2D eigenvalue weighted by molar-refractivity contribution is 6.03. The molecule has 0 bridgehead atoms. The van der Waals surface area contributed by atoms with Gasteiger partial charge in [0.05, 0.1) is 24.5 Å². The highest BCUT2D eigenvalue weighted by atomic mass is 35.5. The lowest BCUT2D eigenvalue weighted by molar-refractivity contribution is 0.102.